The molecule has 1 aromatic rings. The molecule has 0 amide bonds. The highest BCUT2D eigenvalue weighted by Gasteiger charge is 1.79. The fraction of sp³-hybridized carbons (Fsp3) is 0. The third kappa shape index (κ3) is 0.606. The van der Waals surface area contributed by atoms with Gasteiger partial charge in [0.1, 0.15) is 0 Å². The average Bonchev–Trinajstić information content (AvgIpc) is 2.14. The molecule has 1 rings (SSSR count). The molecule has 1 N–H and O–H groups in total. The monoisotopic (exact) mass is 91.0 g/mol. The van der Waals surface area contributed by atoms with Gasteiger partial charge in [0.2, 0.25) is 0 Å². The van der Waals surface area contributed by atoms with E-state index in [1.54, 1.807) is 12.4 Å². The third-order valence-corrected chi connectivity index (χ3v) is 0.617. The minimum atomic E-state index is 0.472. The molecule has 33 valence electrons. The van der Waals surface area contributed by atoms with Crippen LogP contribution in [-0.4, -0.2) is 9.97 Å². The van der Waals surface area contributed by atoms with E-state index >= 15 is 0 Å². The van der Waals surface area contributed by atoms with Gasteiger partial charge in [0, 0.05) is 12.4 Å². The lowest BCUT2D eigenvalue weighted by Crippen LogP contribution is -1.70. The van der Waals surface area contributed by atoms with E-state index in [0.717, 1.165) is 0 Å². The molecular formula is C5H3N2. The maximum absolute atomic E-state index is 6.52. The standard InChI is InChI=1S/C5H3N2/c1-2-5-6-3-4-7-5/h3-4H,(H,6,7). The van der Waals surface area contributed by atoms with Crippen LogP contribution in [0.4, 0.5) is 0 Å². The number of imidazole rings is 1. The summed E-state index contributed by atoms with van der Waals surface area (Å²) in [5.74, 6) is 2.56. The van der Waals surface area contributed by atoms with Gasteiger partial charge in [-0.3, -0.25) is 0 Å². The normalized spacial score (nSPS) is 7.86. The number of aromatic amines is 1. The molecule has 0 unspecified atom stereocenters. The lowest BCUT2D eigenvalue weighted by atomic mass is 10.7. The van der Waals surface area contributed by atoms with Crippen LogP contribution in [0.25, 0.3) is 0 Å². The van der Waals surface area contributed by atoms with Crippen molar-refractivity contribution in [2.75, 3.05) is 0 Å². The smallest absolute Gasteiger partial charge is 0.183 e. The molecule has 0 atom stereocenters. The first kappa shape index (κ1) is 3.94. The Morgan fingerprint density at radius 2 is 2.71 bits per heavy atom. The summed E-state index contributed by atoms with van der Waals surface area (Å²) in [4.78, 5) is 6.36. The Kier molecular flexibility index (Phi) is 0.833. The molecule has 1 heterocycles. The van der Waals surface area contributed by atoms with Crippen molar-refractivity contribution in [3.8, 4) is 5.92 Å². The van der Waals surface area contributed by atoms with Crippen LogP contribution in [0.1, 0.15) is 5.82 Å². The molecule has 0 spiro atoms. The van der Waals surface area contributed by atoms with E-state index < -0.39 is 0 Å². The van der Waals surface area contributed by atoms with Crippen LogP contribution >= 0.6 is 0 Å². The first-order valence-electron chi connectivity index (χ1n) is 1.85. The van der Waals surface area contributed by atoms with E-state index in [-0.39, 0.29) is 0 Å². The molecule has 2 heteroatoms. The molecule has 7 heavy (non-hydrogen) atoms. The van der Waals surface area contributed by atoms with Crippen molar-refractivity contribution in [3.63, 3.8) is 0 Å². The topological polar surface area (TPSA) is 28.7 Å². The van der Waals surface area contributed by atoms with Gasteiger partial charge in [-0.1, -0.05) is 0 Å². The molecule has 0 aliphatic rings. The van der Waals surface area contributed by atoms with E-state index in [1.807, 2.05) is 0 Å². The second-order valence-corrected chi connectivity index (χ2v) is 1.06. The molecule has 0 fully saturated rings. The highest BCUT2D eigenvalue weighted by atomic mass is 14.9. The highest BCUT2D eigenvalue weighted by Crippen LogP contribution is 1.79. The van der Waals surface area contributed by atoms with Crippen molar-refractivity contribution >= 4 is 0 Å². The molecule has 1 aromatic heterocycles. The molecule has 0 saturated heterocycles. The van der Waals surface area contributed by atoms with Crippen molar-refractivity contribution in [1.82, 2.24) is 9.97 Å². The maximum atomic E-state index is 6.52. The van der Waals surface area contributed by atoms with E-state index in [4.69, 9.17) is 6.42 Å². The minimum Gasteiger partial charge on any atom is -0.338 e. The largest absolute Gasteiger partial charge is 0.338 e. The molecule has 0 aromatic carbocycles. The zero-order valence-corrected chi connectivity index (χ0v) is 3.60. The van der Waals surface area contributed by atoms with Gasteiger partial charge < -0.3 is 4.98 Å². The summed E-state index contributed by atoms with van der Waals surface area (Å²) in [7, 11) is 0. The summed E-state index contributed by atoms with van der Waals surface area (Å²) in [6.45, 7) is 0. The lowest BCUT2D eigenvalue weighted by Gasteiger charge is -1.68. The number of rotatable bonds is 0. The van der Waals surface area contributed by atoms with Gasteiger partial charge in [0.15, 0.2) is 5.82 Å². The Hall–Kier alpha value is -1.23. The van der Waals surface area contributed by atoms with Crippen molar-refractivity contribution < 1.29 is 0 Å². The molecule has 0 bridgehead atoms. The third-order valence-electron chi connectivity index (χ3n) is 0.617. The Balaban J connectivity index is 3.04. The van der Waals surface area contributed by atoms with Crippen molar-refractivity contribution in [2.24, 2.45) is 0 Å². The number of hydrogen-bond donors (Lipinski definition) is 1. The first-order chi connectivity index (χ1) is 3.43. The van der Waals surface area contributed by atoms with Gasteiger partial charge in [-0.15, -0.1) is 0 Å². The summed E-state index contributed by atoms with van der Waals surface area (Å²) >= 11 is 0. The number of hydrogen-bond acceptors (Lipinski definition) is 1. The van der Waals surface area contributed by atoms with Crippen LogP contribution in [0, 0.1) is 12.3 Å². The lowest BCUT2D eigenvalue weighted by molar-refractivity contribution is 1.25. The molecule has 0 saturated carbocycles. The Labute approximate surface area is 41.6 Å². The number of nitrogens with zero attached hydrogens (tertiary/aromatic N) is 1. The summed E-state index contributed by atoms with van der Waals surface area (Å²) in [6, 6.07) is 0. The van der Waals surface area contributed by atoms with Gasteiger partial charge in [-0.25, -0.2) is 4.98 Å². The SMILES string of the molecule is [C]#Cc1ncc[nH]1. The second-order valence-electron chi connectivity index (χ2n) is 1.06. The van der Waals surface area contributed by atoms with Gasteiger partial charge >= 0.3 is 0 Å². The molecule has 1 radical (unpaired) electrons. The fourth-order valence-corrected chi connectivity index (χ4v) is 0.334. The first-order valence-corrected chi connectivity index (χ1v) is 1.85. The number of aromatic nitrogens is 2. The maximum Gasteiger partial charge on any atom is 0.183 e. The van der Waals surface area contributed by atoms with Crippen LogP contribution in [0.15, 0.2) is 12.4 Å². The molecule has 2 nitrogen and oxygen atoms in total. The van der Waals surface area contributed by atoms with Gasteiger partial charge in [0.05, 0.1) is 0 Å². The van der Waals surface area contributed by atoms with Gasteiger partial charge in [-0.2, -0.15) is 0 Å². The van der Waals surface area contributed by atoms with Crippen LogP contribution in [-0.2, 0) is 0 Å². The summed E-state index contributed by atoms with van der Waals surface area (Å²) in [5, 5.41) is 0. The quantitative estimate of drug-likeness (QED) is 0.458. The van der Waals surface area contributed by atoms with Crippen LogP contribution < -0.4 is 0 Å². The minimum absolute atomic E-state index is 0.472. The fourth-order valence-electron chi connectivity index (χ4n) is 0.334. The van der Waals surface area contributed by atoms with Crippen LogP contribution in [0.2, 0.25) is 0 Å². The summed E-state index contributed by atoms with van der Waals surface area (Å²) in [5.41, 5.74) is 0. The van der Waals surface area contributed by atoms with E-state index in [1.165, 1.54) is 0 Å². The Bertz CT molecular complexity index is 168. The van der Waals surface area contributed by atoms with Crippen LogP contribution in [0.3, 0.4) is 0 Å². The number of nitrogens with one attached hydrogen (secondary N) is 1. The van der Waals surface area contributed by atoms with Gasteiger partial charge in [-0.05, 0) is 12.3 Å². The summed E-state index contributed by atoms with van der Waals surface area (Å²) < 4.78 is 0. The zero-order chi connectivity index (χ0) is 5.11. The molecule has 0 aliphatic carbocycles. The van der Waals surface area contributed by atoms with E-state index in [0.29, 0.717) is 5.82 Å². The second kappa shape index (κ2) is 1.48. The highest BCUT2D eigenvalue weighted by molar-refractivity contribution is 5.10. The van der Waals surface area contributed by atoms with Crippen LogP contribution in [0.5, 0.6) is 0 Å². The predicted molar refractivity (Wildman–Crippen MR) is 24.8 cm³/mol. The molecule has 0 aliphatic heterocycles. The average molecular weight is 91.1 g/mol. The zero-order valence-electron chi connectivity index (χ0n) is 3.60. The Morgan fingerprint density at radius 3 is 3.00 bits per heavy atom. The van der Waals surface area contributed by atoms with E-state index in [2.05, 4.69) is 15.9 Å². The van der Waals surface area contributed by atoms with Gasteiger partial charge in [0.25, 0.3) is 0 Å². The molecular weight excluding hydrogens is 88.1 g/mol. The van der Waals surface area contributed by atoms with Crippen molar-refractivity contribution in [3.05, 3.63) is 24.6 Å². The van der Waals surface area contributed by atoms with Crippen molar-refractivity contribution in [2.45, 2.75) is 0 Å². The Morgan fingerprint density at radius 1 is 1.86 bits per heavy atom. The number of H-pyrrole nitrogens is 1. The van der Waals surface area contributed by atoms with E-state index in [9.17, 15) is 0 Å². The summed E-state index contributed by atoms with van der Waals surface area (Å²) in [6.07, 6.45) is 9.75. The van der Waals surface area contributed by atoms with Crippen molar-refractivity contribution in [1.29, 1.82) is 0 Å². The predicted octanol–water partition coefficient (Wildman–Crippen LogP) is 0.348.